The van der Waals surface area contributed by atoms with Crippen LogP contribution in [0.5, 0.6) is 5.75 Å². The van der Waals surface area contributed by atoms with E-state index in [9.17, 15) is 4.79 Å². The van der Waals surface area contributed by atoms with E-state index in [-0.39, 0.29) is 0 Å². The van der Waals surface area contributed by atoms with Crippen LogP contribution in [0.25, 0.3) is 0 Å². The van der Waals surface area contributed by atoms with Crippen LogP contribution in [0.3, 0.4) is 0 Å². The van der Waals surface area contributed by atoms with Crippen molar-refractivity contribution in [2.75, 3.05) is 19.0 Å². The molecular weight excluding hydrogens is 218 g/mol. The van der Waals surface area contributed by atoms with Gasteiger partial charge in [0, 0.05) is 12.6 Å². The molecule has 0 saturated heterocycles. The van der Waals surface area contributed by atoms with Crippen LogP contribution in [0.1, 0.15) is 11.1 Å². The van der Waals surface area contributed by atoms with Crippen LogP contribution in [-0.4, -0.2) is 24.7 Å². The fourth-order valence-corrected chi connectivity index (χ4v) is 1.43. The van der Waals surface area contributed by atoms with Crippen molar-refractivity contribution in [1.82, 2.24) is 0 Å². The summed E-state index contributed by atoms with van der Waals surface area (Å²) in [5.41, 5.74) is 3.19. The van der Waals surface area contributed by atoms with Crippen LogP contribution in [0, 0.1) is 13.8 Å². The van der Waals surface area contributed by atoms with Crippen molar-refractivity contribution in [3.8, 4) is 5.75 Å². The Bertz CT molecular complexity index is 439. The van der Waals surface area contributed by atoms with E-state index >= 15 is 0 Å². The van der Waals surface area contributed by atoms with Gasteiger partial charge in [-0.3, -0.25) is 0 Å². The third-order valence-electron chi connectivity index (χ3n) is 2.49. The number of anilines is 1. The van der Waals surface area contributed by atoms with E-state index in [2.05, 4.69) is 5.32 Å². The molecule has 4 heteroatoms. The second-order valence-electron chi connectivity index (χ2n) is 3.76. The molecule has 1 aromatic carbocycles. The summed E-state index contributed by atoms with van der Waals surface area (Å²) < 4.78 is 5.26. The quantitative estimate of drug-likeness (QED) is 0.769. The molecule has 0 atom stereocenters. The molecule has 0 aliphatic rings. The van der Waals surface area contributed by atoms with Crippen molar-refractivity contribution in [2.24, 2.45) is 0 Å². The molecule has 0 fully saturated rings. The minimum atomic E-state index is -0.946. The Labute approximate surface area is 101 Å². The summed E-state index contributed by atoms with van der Waals surface area (Å²) in [6, 6.07) is 3.95. The summed E-state index contributed by atoms with van der Waals surface area (Å²) in [5.74, 6) is -0.185. The number of carboxylic acids is 1. The number of aliphatic carboxylic acids is 1. The van der Waals surface area contributed by atoms with E-state index in [1.807, 2.05) is 26.0 Å². The molecule has 0 unspecified atom stereocenters. The van der Waals surface area contributed by atoms with E-state index in [0.29, 0.717) is 6.54 Å². The molecule has 1 rings (SSSR count). The van der Waals surface area contributed by atoms with E-state index in [4.69, 9.17) is 9.84 Å². The van der Waals surface area contributed by atoms with Crippen LogP contribution in [0.2, 0.25) is 0 Å². The number of hydrogen-bond donors (Lipinski definition) is 2. The van der Waals surface area contributed by atoms with Crippen LogP contribution < -0.4 is 10.1 Å². The first-order chi connectivity index (χ1) is 8.04. The smallest absolute Gasteiger partial charge is 0.328 e. The zero-order valence-electron chi connectivity index (χ0n) is 10.3. The molecule has 0 radical (unpaired) electrons. The zero-order chi connectivity index (χ0) is 12.8. The second-order valence-corrected chi connectivity index (χ2v) is 3.76. The van der Waals surface area contributed by atoms with Gasteiger partial charge in [-0.1, -0.05) is 6.08 Å². The maximum Gasteiger partial charge on any atom is 0.328 e. The van der Waals surface area contributed by atoms with E-state index < -0.39 is 5.97 Å². The minimum absolute atomic E-state index is 0.450. The van der Waals surface area contributed by atoms with Crippen LogP contribution >= 0.6 is 0 Å². The summed E-state index contributed by atoms with van der Waals surface area (Å²) in [5, 5.41) is 11.6. The molecule has 17 heavy (non-hydrogen) atoms. The number of carbonyl (C=O) groups is 1. The largest absolute Gasteiger partial charge is 0.495 e. The number of carboxylic acid groups (broad SMARTS) is 1. The van der Waals surface area contributed by atoms with Crippen molar-refractivity contribution in [1.29, 1.82) is 0 Å². The fraction of sp³-hybridized carbons (Fsp3) is 0.308. The molecule has 0 saturated carbocycles. The highest BCUT2D eigenvalue weighted by Gasteiger charge is 2.04. The first-order valence-electron chi connectivity index (χ1n) is 5.33. The number of methoxy groups -OCH3 is 1. The maximum absolute atomic E-state index is 10.3. The molecule has 4 nitrogen and oxygen atoms in total. The molecule has 0 aromatic heterocycles. The normalized spacial score (nSPS) is 10.5. The third-order valence-corrected chi connectivity index (χ3v) is 2.49. The highest BCUT2D eigenvalue weighted by atomic mass is 16.5. The Hall–Kier alpha value is -1.97. The Balaban J connectivity index is 2.76. The van der Waals surface area contributed by atoms with Crippen molar-refractivity contribution >= 4 is 11.7 Å². The van der Waals surface area contributed by atoms with Crippen molar-refractivity contribution < 1.29 is 14.6 Å². The fourth-order valence-electron chi connectivity index (χ4n) is 1.43. The average molecular weight is 235 g/mol. The van der Waals surface area contributed by atoms with Gasteiger partial charge in [0.15, 0.2) is 0 Å². The summed E-state index contributed by atoms with van der Waals surface area (Å²) >= 11 is 0. The number of benzene rings is 1. The highest BCUT2D eigenvalue weighted by Crippen LogP contribution is 2.27. The number of aryl methyl sites for hydroxylation is 2. The van der Waals surface area contributed by atoms with Gasteiger partial charge in [-0.2, -0.15) is 0 Å². The summed E-state index contributed by atoms with van der Waals surface area (Å²) in [6.45, 7) is 4.49. The standard InChI is InChI=1S/C13H17NO3/c1-9-7-11(12(17-3)8-10(9)2)14-6-4-5-13(15)16/h4-5,7-8,14H,6H2,1-3H3,(H,15,16)/b5-4+. The summed E-state index contributed by atoms with van der Waals surface area (Å²) in [6.07, 6.45) is 2.66. The van der Waals surface area contributed by atoms with E-state index in [0.717, 1.165) is 28.6 Å². The Morgan fingerprint density at radius 2 is 2.06 bits per heavy atom. The first kappa shape index (κ1) is 13.1. The molecule has 0 aliphatic carbocycles. The summed E-state index contributed by atoms with van der Waals surface area (Å²) in [7, 11) is 1.61. The van der Waals surface area contributed by atoms with Gasteiger partial charge in [0.25, 0.3) is 0 Å². The zero-order valence-corrected chi connectivity index (χ0v) is 10.3. The van der Waals surface area contributed by atoms with Crippen molar-refractivity contribution in [2.45, 2.75) is 13.8 Å². The minimum Gasteiger partial charge on any atom is -0.495 e. The second kappa shape index (κ2) is 5.94. The number of rotatable bonds is 5. The molecule has 1 aromatic rings. The molecular formula is C13H17NO3. The number of hydrogen-bond acceptors (Lipinski definition) is 3. The van der Waals surface area contributed by atoms with E-state index in [1.165, 1.54) is 0 Å². The molecule has 0 aliphatic heterocycles. The maximum atomic E-state index is 10.3. The highest BCUT2D eigenvalue weighted by molar-refractivity contribution is 5.79. The lowest BCUT2D eigenvalue weighted by Crippen LogP contribution is -2.02. The van der Waals surface area contributed by atoms with Crippen molar-refractivity contribution in [3.63, 3.8) is 0 Å². The Morgan fingerprint density at radius 1 is 1.41 bits per heavy atom. The van der Waals surface area contributed by atoms with Gasteiger partial charge in [-0.15, -0.1) is 0 Å². The summed E-state index contributed by atoms with van der Waals surface area (Å²) in [4.78, 5) is 10.3. The SMILES string of the molecule is COc1cc(C)c(C)cc1NC/C=C/C(=O)O. The molecule has 92 valence electrons. The van der Waals surface area contributed by atoms with Gasteiger partial charge in [0.05, 0.1) is 12.8 Å². The lowest BCUT2D eigenvalue weighted by Gasteiger charge is -2.12. The Morgan fingerprint density at radius 3 is 2.65 bits per heavy atom. The monoisotopic (exact) mass is 235 g/mol. The molecule has 0 spiro atoms. The van der Waals surface area contributed by atoms with Gasteiger partial charge in [-0.05, 0) is 37.1 Å². The van der Waals surface area contributed by atoms with Gasteiger partial charge in [-0.25, -0.2) is 4.79 Å². The van der Waals surface area contributed by atoms with E-state index in [1.54, 1.807) is 13.2 Å². The molecule has 2 N–H and O–H groups in total. The third kappa shape index (κ3) is 3.83. The topological polar surface area (TPSA) is 58.6 Å². The molecule has 0 heterocycles. The predicted molar refractivity (Wildman–Crippen MR) is 67.7 cm³/mol. The lowest BCUT2D eigenvalue weighted by molar-refractivity contribution is -0.131. The Kier molecular flexibility index (Phi) is 4.57. The van der Waals surface area contributed by atoms with Gasteiger partial charge >= 0.3 is 5.97 Å². The van der Waals surface area contributed by atoms with Gasteiger partial charge < -0.3 is 15.2 Å². The number of ether oxygens (including phenoxy) is 1. The number of nitrogens with one attached hydrogen (secondary N) is 1. The average Bonchev–Trinajstić information content (AvgIpc) is 2.28. The first-order valence-corrected chi connectivity index (χ1v) is 5.33. The lowest BCUT2D eigenvalue weighted by atomic mass is 10.1. The molecule has 0 amide bonds. The van der Waals surface area contributed by atoms with Gasteiger partial charge in [0.2, 0.25) is 0 Å². The molecule has 0 bridgehead atoms. The van der Waals surface area contributed by atoms with Crippen LogP contribution in [-0.2, 0) is 4.79 Å². The van der Waals surface area contributed by atoms with Crippen LogP contribution in [0.15, 0.2) is 24.3 Å². The predicted octanol–water partition coefficient (Wildman–Crippen LogP) is 2.36. The van der Waals surface area contributed by atoms with Crippen LogP contribution in [0.4, 0.5) is 5.69 Å². The van der Waals surface area contributed by atoms with Gasteiger partial charge in [0.1, 0.15) is 5.75 Å². The van der Waals surface area contributed by atoms with Crippen molar-refractivity contribution in [3.05, 3.63) is 35.4 Å².